The first kappa shape index (κ1) is 23.6. The molecule has 1 fully saturated rings. The lowest BCUT2D eigenvalue weighted by Gasteiger charge is -2.37. The lowest BCUT2D eigenvalue weighted by atomic mass is 10.1. The summed E-state index contributed by atoms with van der Waals surface area (Å²) in [5, 5.41) is 5.72. The Morgan fingerprint density at radius 2 is 1.53 bits per heavy atom. The number of hydrogen-bond donors (Lipinski definition) is 2. The number of hydrogen-bond acceptors (Lipinski definition) is 6. The molecule has 184 valence electrons. The van der Waals surface area contributed by atoms with Gasteiger partial charge in [-0.1, -0.05) is 48.5 Å². The van der Waals surface area contributed by atoms with E-state index in [1.54, 1.807) is 24.3 Å². The van der Waals surface area contributed by atoms with Crippen molar-refractivity contribution in [1.29, 1.82) is 0 Å². The average molecular weight is 484 g/mol. The molecule has 2 aliphatic heterocycles. The number of rotatable bonds is 6. The zero-order chi connectivity index (χ0) is 24.7. The van der Waals surface area contributed by atoms with E-state index >= 15 is 0 Å². The molecular weight excluding hydrogens is 454 g/mol. The van der Waals surface area contributed by atoms with Gasteiger partial charge in [-0.25, -0.2) is 4.99 Å². The minimum atomic E-state index is -0.767. The second kappa shape index (κ2) is 11.0. The first-order valence-electron chi connectivity index (χ1n) is 12.1. The Hall–Kier alpha value is -4.17. The van der Waals surface area contributed by atoms with Gasteiger partial charge in [0.05, 0.1) is 6.42 Å². The zero-order valence-corrected chi connectivity index (χ0v) is 20.0. The molecular formula is C28H29N5O3. The van der Waals surface area contributed by atoms with Gasteiger partial charge in [0.15, 0.2) is 0 Å². The Morgan fingerprint density at radius 3 is 2.22 bits per heavy atom. The van der Waals surface area contributed by atoms with Crippen LogP contribution in [0.4, 0.5) is 5.69 Å². The summed E-state index contributed by atoms with van der Waals surface area (Å²) in [4.78, 5) is 34.3. The Morgan fingerprint density at radius 1 is 0.889 bits per heavy atom. The molecule has 8 heteroatoms. The molecule has 0 bridgehead atoms. The van der Waals surface area contributed by atoms with Crippen molar-refractivity contribution in [3.05, 3.63) is 90.5 Å². The van der Waals surface area contributed by atoms with Crippen molar-refractivity contribution in [2.24, 2.45) is 4.99 Å². The van der Waals surface area contributed by atoms with Gasteiger partial charge >= 0.3 is 0 Å². The van der Waals surface area contributed by atoms with E-state index in [4.69, 9.17) is 4.74 Å². The molecule has 0 radical (unpaired) electrons. The summed E-state index contributed by atoms with van der Waals surface area (Å²) in [6.45, 7) is 4.09. The maximum Gasteiger partial charge on any atom is 0.249 e. The largest absolute Gasteiger partial charge is 0.457 e. The van der Waals surface area contributed by atoms with Crippen LogP contribution in [0.3, 0.4) is 0 Å². The van der Waals surface area contributed by atoms with Crippen molar-refractivity contribution >= 4 is 23.5 Å². The second-order valence-corrected chi connectivity index (χ2v) is 8.90. The SMILES string of the molecule is O=C1C[C@@H](C(=O)Nc2ccc(Oc3ccccc3)cc2)N=C(N2CCN(Cc3ccccc3)CC2)N1. The number of carbonyl (C=O) groups excluding carboxylic acids is 2. The van der Waals surface area contributed by atoms with Crippen LogP contribution in [0.25, 0.3) is 0 Å². The van der Waals surface area contributed by atoms with Crippen LogP contribution >= 0.6 is 0 Å². The summed E-state index contributed by atoms with van der Waals surface area (Å²) in [6, 6.07) is 26.2. The number of nitrogens with zero attached hydrogens (tertiary/aromatic N) is 3. The van der Waals surface area contributed by atoms with Crippen molar-refractivity contribution in [1.82, 2.24) is 15.1 Å². The summed E-state index contributed by atoms with van der Waals surface area (Å²) in [7, 11) is 0. The van der Waals surface area contributed by atoms with Crippen LogP contribution < -0.4 is 15.4 Å². The fourth-order valence-electron chi connectivity index (χ4n) is 4.30. The number of ether oxygens (including phenoxy) is 1. The molecule has 5 rings (SSSR count). The van der Waals surface area contributed by atoms with E-state index in [2.05, 4.69) is 49.7 Å². The van der Waals surface area contributed by atoms with Gasteiger partial charge in [0.2, 0.25) is 17.8 Å². The monoisotopic (exact) mass is 483 g/mol. The van der Waals surface area contributed by atoms with Crippen LogP contribution in [0.5, 0.6) is 11.5 Å². The number of anilines is 1. The van der Waals surface area contributed by atoms with Gasteiger partial charge in [-0.15, -0.1) is 0 Å². The van der Waals surface area contributed by atoms with Crippen molar-refractivity contribution in [3.8, 4) is 11.5 Å². The molecule has 3 aromatic carbocycles. The maximum atomic E-state index is 12.9. The first-order chi connectivity index (χ1) is 17.6. The van der Waals surface area contributed by atoms with Crippen molar-refractivity contribution in [2.45, 2.75) is 19.0 Å². The van der Waals surface area contributed by atoms with Crippen molar-refractivity contribution < 1.29 is 14.3 Å². The Kier molecular flexibility index (Phi) is 7.23. The fraction of sp³-hybridized carbons (Fsp3) is 0.250. The molecule has 0 aliphatic carbocycles. The number of aliphatic imine (C=N–C) groups is 1. The van der Waals surface area contributed by atoms with Gasteiger partial charge in [0.25, 0.3) is 0 Å². The van der Waals surface area contributed by atoms with Gasteiger partial charge < -0.3 is 15.0 Å². The van der Waals surface area contributed by atoms with Gasteiger partial charge in [-0.05, 0) is 42.0 Å². The second-order valence-electron chi connectivity index (χ2n) is 8.90. The summed E-state index contributed by atoms with van der Waals surface area (Å²) < 4.78 is 5.79. The predicted octanol–water partition coefficient (Wildman–Crippen LogP) is 3.48. The topological polar surface area (TPSA) is 86.3 Å². The number of amides is 2. The molecule has 2 aliphatic rings. The zero-order valence-electron chi connectivity index (χ0n) is 20.0. The van der Waals surface area contributed by atoms with E-state index in [0.29, 0.717) is 17.4 Å². The molecule has 2 heterocycles. The standard InChI is InChI=1S/C28H29N5O3/c34-26-19-25(27(35)29-22-11-13-24(14-12-22)36-23-9-5-2-6-10-23)30-28(31-26)33-17-15-32(16-18-33)20-21-7-3-1-4-8-21/h1-14,25H,15-20H2,(H,29,35)(H,30,31,34)/t25-/m0/s1. The van der Waals surface area contributed by atoms with Gasteiger partial charge in [-0.3, -0.25) is 19.8 Å². The van der Waals surface area contributed by atoms with Gasteiger partial charge in [0, 0.05) is 38.4 Å². The van der Waals surface area contributed by atoms with E-state index in [1.165, 1.54) is 5.56 Å². The number of para-hydroxylation sites is 1. The highest BCUT2D eigenvalue weighted by Crippen LogP contribution is 2.23. The number of piperazine rings is 1. The molecule has 8 nitrogen and oxygen atoms in total. The summed E-state index contributed by atoms with van der Waals surface area (Å²) in [5.74, 6) is 1.39. The van der Waals surface area contributed by atoms with Crippen LogP contribution in [0.1, 0.15) is 12.0 Å². The Balaban J connectivity index is 1.16. The lowest BCUT2D eigenvalue weighted by molar-refractivity contribution is -0.125. The van der Waals surface area contributed by atoms with Crippen LogP contribution in [0, 0.1) is 0 Å². The molecule has 1 saturated heterocycles. The Bertz CT molecular complexity index is 1210. The highest BCUT2D eigenvalue weighted by molar-refractivity contribution is 6.06. The van der Waals surface area contributed by atoms with Crippen LogP contribution in [0.15, 0.2) is 89.9 Å². The quantitative estimate of drug-likeness (QED) is 0.561. The predicted molar refractivity (Wildman–Crippen MR) is 139 cm³/mol. The number of benzene rings is 3. The molecule has 0 aromatic heterocycles. The summed E-state index contributed by atoms with van der Waals surface area (Å²) in [6.07, 6.45) is 0.0263. The molecule has 2 N–H and O–H groups in total. The highest BCUT2D eigenvalue weighted by atomic mass is 16.5. The highest BCUT2D eigenvalue weighted by Gasteiger charge is 2.30. The average Bonchev–Trinajstić information content (AvgIpc) is 2.91. The third kappa shape index (κ3) is 6.09. The smallest absolute Gasteiger partial charge is 0.249 e. The first-order valence-corrected chi connectivity index (χ1v) is 12.1. The van der Waals surface area contributed by atoms with E-state index in [-0.39, 0.29) is 18.2 Å². The van der Waals surface area contributed by atoms with E-state index in [1.807, 2.05) is 36.4 Å². The van der Waals surface area contributed by atoms with E-state index in [9.17, 15) is 9.59 Å². The van der Waals surface area contributed by atoms with Gasteiger partial charge in [-0.2, -0.15) is 0 Å². The molecule has 36 heavy (non-hydrogen) atoms. The fourth-order valence-corrected chi connectivity index (χ4v) is 4.30. The van der Waals surface area contributed by atoms with Crippen LogP contribution in [-0.4, -0.2) is 59.8 Å². The van der Waals surface area contributed by atoms with Crippen molar-refractivity contribution in [3.63, 3.8) is 0 Å². The molecule has 0 spiro atoms. The third-order valence-electron chi connectivity index (χ3n) is 6.23. The van der Waals surface area contributed by atoms with E-state index in [0.717, 1.165) is 38.5 Å². The van der Waals surface area contributed by atoms with Crippen LogP contribution in [0.2, 0.25) is 0 Å². The summed E-state index contributed by atoms with van der Waals surface area (Å²) in [5.41, 5.74) is 1.91. The normalized spacial score (nSPS) is 18.2. The molecule has 0 saturated carbocycles. The maximum absolute atomic E-state index is 12.9. The molecule has 1 atom stereocenters. The van der Waals surface area contributed by atoms with Crippen molar-refractivity contribution in [2.75, 3.05) is 31.5 Å². The lowest BCUT2D eigenvalue weighted by Crippen LogP contribution is -2.56. The van der Waals surface area contributed by atoms with Crippen LogP contribution in [-0.2, 0) is 16.1 Å². The van der Waals surface area contributed by atoms with Gasteiger partial charge in [0.1, 0.15) is 17.5 Å². The van der Waals surface area contributed by atoms with E-state index < -0.39 is 6.04 Å². The minimum absolute atomic E-state index is 0.0263. The number of nitrogens with one attached hydrogen (secondary N) is 2. The summed E-state index contributed by atoms with van der Waals surface area (Å²) >= 11 is 0. The Labute approximate surface area is 210 Å². The molecule has 2 amide bonds. The molecule has 3 aromatic rings. The minimum Gasteiger partial charge on any atom is -0.457 e. The molecule has 0 unspecified atom stereocenters. The third-order valence-corrected chi connectivity index (χ3v) is 6.23. The number of carbonyl (C=O) groups is 2. The number of guanidine groups is 1.